The van der Waals surface area contributed by atoms with E-state index in [4.69, 9.17) is 0 Å². The van der Waals surface area contributed by atoms with Gasteiger partial charge in [-0.2, -0.15) is 4.31 Å². The van der Waals surface area contributed by atoms with Gasteiger partial charge in [0.1, 0.15) is 4.21 Å². The highest BCUT2D eigenvalue weighted by Gasteiger charge is 2.32. The van der Waals surface area contributed by atoms with E-state index in [0.717, 1.165) is 0 Å². The zero-order valence-corrected chi connectivity index (χ0v) is 16.0. The van der Waals surface area contributed by atoms with Crippen LogP contribution in [0, 0.1) is 5.92 Å². The number of hydrogen-bond acceptors (Lipinski definition) is 6. The standard InChI is InChI=1S/C15H24N4O4S2/c1-18(2)8-7-13(20)16-17-15(21)12-5-9-19(10-6-12)25(22,23)14-4-3-11-24-14/h3-4,11-12H,5-10H2,1-2H3,(H,16,20)(H,17,21). The van der Waals surface area contributed by atoms with E-state index < -0.39 is 10.0 Å². The highest BCUT2D eigenvalue weighted by molar-refractivity contribution is 7.91. The Labute approximate surface area is 152 Å². The third-order valence-electron chi connectivity index (χ3n) is 4.03. The van der Waals surface area contributed by atoms with E-state index in [-0.39, 0.29) is 17.7 Å². The zero-order chi connectivity index (χ0) is 18.4. The number of amides is 2. The molecule has 2 N–H and O–H groups in total. The number of nitrogens with one attached hydrogen (secondary N) is 2. The second kappa shape index (κ2) is 8.75. The van der Waals surface area contributed by atoms with Gasteiger partial charge in [0, 0.05) is 32.0 Å². The molecule has 2 heterocycles. The monoisotopic (exact) mass is 388 g/mol. The molecule has 10 heteroatoms. The fraction of sp³-hybridized carbons (Fsp3) is 0.600. The lowest BCUT2D eigenvalue weighted by Crippen LogP contribution is -2.48. The van der Waals surface area contributed by atoms with Gasteiger partial charge in [0.05, 0.1) is 0 Å². The molecular weight excluding hydrogens is 364 g/mol. The number of hydrogen-bond donors (Lipinski definition) is 2. The Morgan fingerprint density at radius 3 is 2.52 bits per heavy atom. The van der Waals surface area contributed by atoms with E-state index in [2.05, 4.69) is 10.9 Å². The van der Waals surface area contributed by atoms with Crippen LogP contribution in [-0.2, 0) is 19.6 Å². The van der Waals surface area contributed by atoms with Gasteiger partial charge < -0.3 is 4.90 Å². The number of sulfonamides is 1. The quantitative estimate of drug-likeness (QED) is 0.681. The topological polar surface area (TPSA) is 98.8 Å². The fourth-order valence-corrected chi connectivity index (χ4v) is 5.13. The molecule has 0 radical (unpaired) electrons. The van der Waals surface area contributed by atoms with E-state index in [1.54, 1.807) is 17.5 Å². The number of thiophene rings is 1. The summed E-state index contributed by atoms with van der Waals surface area (Å²) in [5.41, 5.74) is 4.84. The molecular formula is C15H24N4O4S2. The maximum absolute atomic E-state index is 12.4. The van der Waals surface area contributed by atoms with Crippen molar-refractivity contribution in [1.29, 1.82) is 0 Å². The summed E-state index contributed by atoms with van der Waals surface area (Å²) in [6.07, 6.45) is 1.17. The molecule has 1 aromatic heterocycles. The third-order valence-corrected chi connectivity index (χ3v) is 7.30. The first-order valence-corrected chi connectivity index (χ1v) is 10.4. The van der Waals surface area contributed by atoms with Crippen LogP contribution in [0.2, 0.25) is 0 Å². The number of carbonyl (C=O) groups is 2. The molecule has 0 aromatic carbocycles. The molecule has 1 aromatic rings. The van der Waals surface area contributed by atoms with Crippen molar-refractivity contribution in [3.05, 3.63) is 17.5 Å². The average molecular weight is 389 g/mol. The van der Waals surface area contributed by atoms with Gasteiger partial charge in [-0.3, -0.25) is 20.4 Å². The average Bonchev–Trinajstić information content (AvgIpc) is 3.13. The molecule has 1 aliphatic rings. The predicted octanol–water partition coefficient (Wildman–Crippen LogP) is 0.248. The van der Waals surface area contributed by atoms with Crippen LogP contribution in [0.15, 0.2) is 21.7 Å². The lowest BCUT2D eigenvalue weighted by atomic mass is 9.98. The van der Waals surface area contributed by atoms with Crippen molar-refractivity contribution < 1.29 is 18.0 Å². The van der Waals surface area contributed by atoms with E-state index >= 15 is 0 Å². The van der Waals surface area contributed by atoms with Crippen LogP contribution in [0.4, 0.5) is 0 Å². The summed E-state index contributed by atoms with van der Waals surface area (Å²) in [5.74, 6) is -0.824. The second-order valence-electron chi connectivity index (χ2n) is 6.20. The molecule has 1 fully saturated rings. The van der Waals surface area contributed by atoms with Crippen molar-refractivity contribution >= 4 is 33.2 Å². The molecule has 0 unspecified atom stereocenters. The number of carbonyl (C=O) groups excluding carboxylic acids is 2. The van der Waals surface area contributed by atoms with E-state index in [9.17, 15) is 18.0 Å². The highest BCUT2D eigenvalue weighted by Crippen LogP contribution is 2.26. The maximum Gasteiger partial charge on any atom is 0.252 e. The molecule has 0 aliphatic carbocycles. The largest absolute Gasteiger partial charge is 0.309 e. The van der Waals surface area contributed by atoms with Gasteiger partial charge in [-0.05, 0) is 38.4 Å². The summed E-state index contributed by atoms with van der Waals surface area (Å²) in [6, 6.07) is 3.29. The molecule has 25 heavy (non-hydrogen) atoms. The molecule has 2 amide bonds. The minimum atomic E-state index is -3.46. The van der Waals surface area contributed by atoms with Gasteiger partial charge in [-0.1, -0.05) is 6.07 Å². The molecule has 8 nitrogen and oxygen atoms in total. The van der Waals surface area contributed by atoms with Crippen molar-refractivity contribution in [2.24, 2.45) is 5.92 Å². The van der Waals surface area contributed by atoms with Gasteiger partial charge >= 0.3 is 0 Å². The Balaban J connectivity index is 1.78. The van der Waals surface area contributed by atoms with E-state index in [1.807, 2.05) is 19.0 Å². The van der Waals surface area contributed by atoms with Crippen LogP contribution < -0.4 is 10.9 Å². The predicted molar refractivity (Wildman–Crippen MR) is 95.3 cm³/mol. The molecule has 140 valence electrons. The van der Waals surface area contributed by atoms with Crippen LogP contribution in [0.5, 0.6) is 0 Å². The van der Waals surface area contributed by atoms with Gasteiger partial charge in [0.25, 0.3) is 10.0 Å². The molecule has 0 saturated carbocycles. The first kappa shape index (κ1) is 19.8. The Morgan fingerprint density at radius 2 is 1.96 bits per heavy atom. The second-order valence-corrected chi connectivity index (χ2v) is 9.31. The van der Waals surface area contributed by atoms with Crippen LogP contribution in [0.1, 0.15) is 19.3 Å². The van der Waals surface area contributed by atoms with Crippen LogP contribution >= 0.6 is 11.3 Å². The fourth-order valence-electron chi connectivity index (χ4n) is 2.52. The summed E-state index contributed by atoms with van der Waals surface area (Å²) in [6.45, 7) is 1.19. The smallest absolute Gasteiger partial charge is 0.252 e. The van der Waals surface area contributed by atoms with Crippen molar-refractivity contribution in [2.45, 2.75) is 23.5 Å². The lowest BCUT2D eigenvalue weighted by Gasteiger charge is -2.30. The normalized spacial score (nSPS) is 16.8. The van der Waals surface area contributed by atoms with Crippen LogP contribution in [0.3, 0.4) is 0 Å². The number of nitrogens with zero attached hydrogens (tertiary/aromatic N) is 2. The SMILES string of the molecule is CN(C)CCC(=O)NNC(=O)C1CCN(S(=O)(=O)c2cccs2)CC1. The highest BCUT2D eigenvalue weighted by atomic mass is 32.2. The number of rotatable bonds is 6. The molecule has 2 rings (SSSR count). The Kier molecular flexibility index (Phi) is 6.94. The van der Waals surface area contributed by atoms with Gasteiger partial charge in [-0.15, -0.1) is 11.3 Å². The molecule has 0 atom stereocenters. The van der Waals surface area contributed by atoms with Gasteiger partial charge in [0.2, 0.25) is 11.8 Å². The molecule has 1 saturated heterocycles. The summed E-state index contributed by atoms with van der Waals surface area (Å²) in [4.78, 5) is 25.6. The zero-order valence-electron chi connectivity index (χ0n) is 14.4. The van der Waals surface area contributed by atoms with Crippen molar-refractivity contribution in [2.75, 3.05) is 33.7 Å². The molecule has 0 bridgehead atoms. The Hall–Kier alpha value is -1.49. The number of hydrazine groups is 1. The van der Waals surface area contributed by atoms with E-state index in [0.29, 0.717) is 43.1 Å². The third kappa shape index (κ3) is 5.50. The molecule has 0 spiro atoms. The minimum Gasteiger partial charge on any atom is -0.309 e. The van der Waals surface area contributed by atoms with Crippen LogP contribution in [0.25, 0.3) is 0 Å². The van der Waals surface area contributed by atoms with Crippen molar-refractivity contribution in [1.82, 2.24) is 20.1 Å². The summed E-state index contributed by atoms with van der Waals surface area (Å²) in [5, 5.41) is 1.73. The Bertz CT molecular complexity index is 680. The van der Waals surface area contributed by atoms with Crippen molar-refractivity contribution in [3.8, 4) is 0 Å². The lowest BCUT2D eigenvalue weighted by molar-refractivity contribution is -0.132. The van der Waals surface area contributed by atoms with E-state index in [1.165, 1.54) is 15.6 Å². The summed E-state index contributed by atoms with van der Waals surface area (Å²) < 4.78 is 26.6. The van der Waals surface area contributed by atoms with Gasteiger partial charge in [0.15, 0.2) is 0 Å². The summed E-state index contributed by atoms with van der Waals surface area (Å²) >= 11 is 1.19. The van der Waals surface area contributed by atoms with Crippen LogP contribution in [-0.4, -0.2) is 63.2 Å². The minimum absolute atomic E-state index is 0.250. The Morgan fingerprint density at radius 1 is 1.28 bits per heavy atom. The number of piperidine rings is 1. The maximum atomic E-state index is 12.4. The first-order chi connectivity index (χ1) is 11.8. The summed E-state index contributed by atoms with van der Waals surface area (Å²) in [7, 11) is 0.267. The van der Waals surface area contributed by atoms with Gasteiger partial charge in [-0.25, -0.2) is 8.42 Å². The molecule has 1 aliphatic heterocycles. The van der Waals surface area contributed by atoms with Crippen molar-refractivity contribution in [3.63, 3.8) is 0 Å². The first-order valence-electron chi connectivity index (χ1n) is 8.08.